The van der Waals surface area contributed by atoms with E-state index >= 15 is 0 Å². The van der Waals surface area contributed by atoms with E-state index < -0.39 is 11.2 Å². The van der Waals surface area contributed by atoms with Gasteiger partial charge < -0.3 is 10.1 Å². The van der Waals surface area contributed by atoms with Gasteiger partial charge in [0.05, 0.1) is 12.2 Å². The van der Waals surface area contributed by atoms with E-state index in [0.717, 1.165) is 44.5 Å². The average molecular weight is 525 g/mol. The van der Waals surface area contributed by atoms with Crippen molar-refractivity contribution in [3.8, 4) is 17.2 Å². The molecule has 0 radical (unpaired) electrons. The third-order valence-corrected chi connectivity index (χ3v) is 6.86. The molecule has 1 N–H and O–H groups in total. The summed E-state index contributed by atoms with van der Waals surface area (Å²) in [6.45, 7) is 8.44. The van der Waals surface area contributed by atoms with Gasteiger partial charge in [0.25, 0.3) is 0 Å². The van der Waals surface area contributed by atoms with Crippen molar-refractivity contribution in [1.82, 2.24) is 29.5 Å². The molecule has 2 saturated heterocycles. The van der Waals surface area contributed by atoms with Crippen LogP contribution in [0.1, 0.15) is 39.2 Å². The maximum atomic E-state index is 13.4. The Balaban J connectivity index is 1.37. The van der Waals surface area contributed by atoms with Crippen LogP contribution in [0.3, 0.4) is 0 Å². The number of carbonyl (C=O) groups is 1. The van der Waals surface area contributed by atoms with Gasteiger partial charge in [-0.2, -0.15) is 4.68 Å². The van der Waals surface area contributed by atoms with Crippen molar-refractivity contribution in [2.75, 3.05) is 19.6 Å². The molecule has 2 fully saturated rings. The van der Waals surface area contributed by atoms with Crippen LogP contribution in [0.2, 0.25) is 5.02 Å². The van der Waals surface area contributed by atoms with Crippen molar-refractivity contribution < 1.29 is 9.53 Å². The second-order valence-electron chi connectivity index (χ2n) is 10.9. The summed E-state index contributed by atoms with van der Waals surface area (Å²) in [6, 6.07) is 10.8. The van der Waals surface area contributed by atoms with Crippen LogP contribution in [-0.4, -0.2) is 67.5 Å². The predicted molar refractivity (Wildman–Crippen MR) is 142 cm³/mol. The maximum absolute atomic E-state index is 13.4. The lowest BCUT2D eigenvalue weighted by molar-refractivity contribution is -0.123. The van der Waals surface area contributed by atoms with E-state index in [0.29, 0.717) is 34.4 Å². The monoisotopic (exact) mass is 524 g/mol. The summed E-state index contributed by atoms with van der Waals surface area (Å²) >= 11 is 6.20. The standard InChI is InChI=1S/C27H33ClN6O3/c1-27(2,3)30-24(35)17-33-25(19-5-4-6-20(28)13-19)31-34(26(33)36)23-10-7-18(14-29-23)11-12-32-15-21-8-9-22(16-32)37-21/h4-7,10,13-14,21-22H,8-9,11-12,15-17H2,1-3H3,(H,30,35). The summed E-state index contributed by atoms with van der Waals surface area (Å²) in [6.07, 6.45) is 5.74. The lowest BCUT2D eigenvalue weighted by Gasteiger charge is -2.31. The first-order valence-corrected chi connectivity index (χ1v) is 13.1. The number of halogens is 1. The molecule has 196 valence electrons. The van der Waals surface area contributed by atoms with Crippen LogP contribution in [0, 0.1) is 0 Å². The van der Waals surface area contributed by atoms with Gasteiger partial charge in [0.15, 0.2) is 11.6 Å². The molecule has 2 bridgehead atoms. The number of ether oxygens (including phenoxy) is 1. The molecule has 3 aromatic rings. The highest BCUT2D eigenvalue weighted by Gasteiger charge is 2.33. The predicted octanol–water partition coefficient (Wildman–Crippen LogP) is 3.07. The fourth-order valence-electron chi connectivity index (χ4n) is 4.99. The van der Waals surface area contributed by atoms with Crippen LogP contribution in [-0.2, 0) is 22.5 Å². The number of hydrogen-bond acceptors (Lipinski definition) is 6. The molecule has 1 amide bonds. The Hall–Kier alpha value is -3.01. The number of amides is 1. The van der Waals surface area contributed by atoms with Gasteiger partial charge in [-0.25, -0.2) is 9.78 Å². The van der Waals surface area contributed by atoms with Crippen LogP contribution in [0.25, 0.3) is 17.2 Å². The number of likely N-dealkylation sites (tertiary alicyclic amines) is 1. The summed E-state index contributed by atoms with van der Waals surface area (Å²) in [5.41, 5.74) is 0.867. The SMILES string of the molecule is CC(C)(C)NC(=O)Cn1c(-c2cccc(Cl)c2)nn(-c2ccc(CCN3CC4CCC(C3)O4)cn2)c1=O. The van der Waals surface area contributed by atoms with Gasteiger partial charge in [0.2, 0.25) is 5.91 Å². The normalized spacial score (nSPS) is 19.8. The molecule has 4 heterocycles. The molecule has 37 heavy (non-hydrogen) atoms. The number of hydrogen-bond donors (Lipinski definition) is 1. The van der Waals surface area contributed by atoms with E-state index in [1.807, 2.05) is 32.9 Å². The number of fused-ring (bicyclic) bond motifs is 2. The first-order valence-electron chi connectivity index (χ1n) is 12.7. The third-order valence-electron chi connectivity index (χ3n) is 6.62. The van der Waals surface area contributed by atoms with Crippen LogP contribution >= 0.6 is 11.6 Å². The Morgan fingerprint density at radius 1 is 1.16 bits per heavy atom. The Kier molecular flexibility index (Phi) is 7.20. The van der Waals surface area contributed by atoms with Crippen molar-refractivity contribution in [3.05, 3.63) is 63.7 Å². The molecule has 0 aliphatic carbocycles. The number of pyridine rings is 1. The van der Waals surface area contributed by atoms with Gasteiger partial charge in [-0.15, -0.1) is 5.10 Å². The van der Waals surface area contributed by atoms with E-state index in [2.05, 4.69) is 20.3 Å². The van der Waals surface area contributed by atoms with Gasteiger partial charge >= 0.3 is 5.69 Å². The highest BCUT2D eigenvalue weighted by molar-refractivity contribution is 6.30. The largest absolute Gasteiger partial charge is 0.372 e. The molecule has 2 aliphatic heterocycles. The Bertz CT molecular complexity index is 1320. The topological polar surface area (TPSA) is 94.3 Å². The lowest BCUT2D eigenvalue weighted by atomic mass is 10.1. The number of aromatic nitrogens is 4. The molecular weight excluding hydrogens is 492 g/mol. The van der Waals surface area contributed by atoms with Crippen molar-refractivity contribution in [2.45, 2.75) is 64.3 Å². The van der Waals surface area contributed by atoms with Crippen LogP contribution < -0.4 is 11.0 Å². The number of benzene rings is 1. The molecule has 10 heteroatoms. The number of nitrogens with one attached hydrogen (secondary N) is 1. The van der Waals surface area contributed by atoms with Gasteiger partial charge in [-0.1, -0.05) is 29.8 Å². The van der Waals surface area contributed by atoms with Crippen molar-refractivity contribution in [3.63, 3.8) is 0 Å². The average Bonchev–Trinajstić information content (AvgIpc) is 3.35. The summed E-state index contributed by atoms with van der Waals surface area (Å²) in [7, 11) is 0. The molecule has 0 saturated carbocycles. The first kappa shape index (κ1) is 25.6. The minimum atomic E-state index is -0.442. The number of nitrogens with zero attached hydrogens (tertiary/aromatic N) is 5. The van der Waals surface area contributed by atoms with Crippen LogP contribution in [0.15, 0.2) is 47.4 Å². The summed E-state index contributed by atoms with van der Waals surface area (Å²) in [5.74, 6) is 0.470. The Labute approximate surface area is 221 Å². The van der Waals surface area contributed by atoms with Gasteiger partial charge in [0.1, 0.15) is 6.54 Å². The Morgan fingerprint density at radius 2 is 1.92 bits per heavy atom. The fourth-order valence-corrected chi connectivity index (χ4v) is 5.18. The second kappa shape index (κ2) is 10.4. The summed E-state index contributed by atoms with van der Waals surface area (Å²) in [5, 5.41) is 7.97. The molecule has 9 nitrogen and oxygen atoms in total. The second-order valence-corrected chi connectivity index (χ2v) is 11.3. The molecule has 2 unspecified atom stereocenters. The van der Waals surface area contributed by atoms with E-state index in [4.69, 9.17) is 16.3 Å². The molecular formula is C27H33ClN6O3. The number of carbonyl (C=O) groups excluding carboxylic acids is 1. The zero-order chi connectivity index (χ0) is 26.2. The first-order chi connectivity index (χ1) is 17.6. The van der Waals surface area contributed by atoms with Gasteiger partial charge in [-0.05, 0) is 63.8 Å². The molecule has 1 aromatic carbocycles. The van der Waals surface area contributed by atoms with Crippen LogP contribution in [0.4, 0.5) is 0 Å². The zero-order valence-corrected chi connectivity index (χ0v) is 22.2. The summed E-state index contributed by atoms with van der Waals surface area (Å²) < 4.78 is 8.52. The minimum absolute atomic E-state index is 0.169. The molecule has 5 rings (SSSR count). The van der Waals surface area contributed by atoms with Crippen molar-refractivity contribution in [1.29, 1.82) is 0 Å². The van der Waals surface area contributed by atoms with E-state index in [1.165, 1.54) is 9.25 Å². The van der Waals surface area contributed by atoms with Crippen LogP contribution in [0.5, 0.6) is 0 Å². The minimum Gasteiger partial charge on any atom is -0.372 e. The molecule has 2 aliphatic rings. The smallest absolute Gasteiger partial charge is 0.352 e. The van der Waals surface area contributed by atoms with Gasteiger partial charge in [0, 0.05) is 42.0 Å². The molecule has 2 atom stereocenters. The lowest BCUT2D eigenvalue weighted by Crippen LogP contribution is -2.43. The number of morpholine rings is 1. The molecule has 2 aromatic heterocycles. The zero-order valence-electron chi connectivity index (χ0n) is 21.5. The highest BCUT2D eigenvalue weighted by Crippen LogP contribution is 2.26. The van der Waals surface area contributed by atoms with Crippen molar-refractivity contribution in [2.24, 2.45) is 0 Å². The van der Waals surface area contributed by atoms with E-state index in [-0.39, 0.29) is 12.5 Å². The van der Waals surface area contributed by atoms with E-state index in [9.17, 15) is 9.59 Å². The van der Waals surface area contributed by atoms with E-state index in [1.54, 1.807) is 30.5 Å². The summed E-state index contributed by atoms with van der Waals surface area (Å²) in [4.78, 5) is 33.1. The highest BCUT2D eigenvalue weighted by atomic mass is 35.5. The number of rotatable bonds is 7. The molecule has 0 spiro atoms. The quantitative estimate of drug-likeness (QED) is 0.510. The fraction of sp³-hybridized carbons (Fsp3) is 0.481. The third kappa shape index (κ3) is 6.11. The van der Waals surface area contributed by atoms with Crippen molar-refractivity contribution >= 4 is 17.5 Å². The maximum Gasteiger partial charge on any atom is 0.352 e. The Morgan fingerprint density at radius 3 is 2.57 bits per heavy atom. The van der Waals surface area contributed by atoms with Gasteiger partial charge in [-0.3, -0.25) is 14.3 Å².